The predicted molar refractivity (Wildman–Crippen MR) is 80.4 cm³/mol. The Labute approximate surface area is 126 Å². The van der Waals surface area contributed by atoms with Gasteiger partial charge in [0.25, 0.3) is 0 Å². The van der Waals surface area contributed by atoms with E-state index < -0.39 is 0 Å². The summed E-state index contributed by atoms with van der Waals surface area (Å²) in [5.74, 6) is 0.112. The van der Waals surface area contributed by atoms with E-state index in [1.807, 2.05) is 4.90 Å². The van der Waals surface area contributed by atoms with Crippen molar-refractivity contribution in [3.8, 4) is 0 Å². The van der Waals surface area contributed by atoms with E-state index in [1.54, 1.807) is 10.9 Å². The van der Waals surface area contributed by atoms with Crippen LogP contribution in [-0.2, 0) is 17.9 Å². The van der Waals surface area contributed by atoms with Crippen molar-refractivity contribution in [2.45, 2.75) is 45.8 Å². The molecule has 0 saturated carbocycles. The molecule has 0 aromatic carbocycles. The third-order valence-corrected chi connectivity index (χ3v) is 4.24. The summed E-state index contributed by atoms with van der Waals surface area (Å²) in [4.78, 5) is 16.7. The van der Waals surface area contributed by atoms with Gasteiger partial charge in [-0.2, -0.15) is 0 Å². The number of likely N-dealkylation sites (tertiary alicyclic amines) is 1. The lowest BCUT2D eigenvalue weighted by Crippen LogP contribution is -2.47. The number of rotatable bonds is 6. The number of piperidine rings is 1. The summed E-state index contributed by atoms with van der Waals surface area (Å²) < 4.78 is 1.57. The highest BCUT2D eigenvalue weighted by molar-refractivity contribution is 5.76. The van der Waals surface area contributed by atoms with Crippen LogP contribution in [0.2, 0.25) is 0 Å². The molecule has 1 aromatic rings. The lowest BCUT2D eigenvalue weighted by Gasteiger charge is -2.37. The van der Waals surface area contributed by atoms with Gasteiger partial charge in [0, 0.05) is 25.7 Å². The average molecular weight is 294 g/mol. The van der Waals surface area contributed by atoms with E-state index in [-0.39, 0.29) is 12.5 Å². The van der Waals surface area contributed by atoms with Gasteiger partial charge < -0.3 is 15.5 Å². The number of nitrogens with two attached hydrogens (primary N) is 1. The lowest BCUT2D eigenvalue weighted by molar-refractivity contribution is -0.133. The Morgan fingerprint density at radius 3 is 2.57 bits per heavy atom. The maximum Gasteiger partial charge on any atom is 0.244 e. The van der Waals surface area contributed by atoms with E-state index in [1.165, 1.54) is 0 Å². The van der Waals surface area contributed by atoms with E-state index in [0.717, 1.165) is 39.0 Å². The largest absolute Gasteiger partial charge is 0.341 e. The zero-order valence-electron chi connectivity index (χ0n) is 13.0. The van der Waals surface area contributed by atoms with Gasteiger partial charge in [-0.3, -0.25) is 4.79 Å². The third kappa shape index (κ3) is 4.01. The molecule has 1 amide bonds. The summed E-state index contributed by atoms with van der Waals surface area (Å²) in [6, 6.07) is 0.610. The molecule has 0 bridgehead atoms. The normalized spacial score (nSPS) is 16.7. The van der Waals surface area contributed by atoms with Gasteiger partial charge in [0.2, 0.25) is 5.91 Å². The molecule has 1 saturated heterocycles. The van der Waals surface area contributed by atoms with Crippen LogP contribution in [0.15, 0.2) is 6.20 Å². The number of carbonyl (C=O) groups excluding carboxylic acids is 1. The Hall–Kier alpha value is -1.47. The van der Waals surface area contributed by atoms with E-state index in [2.05, 4.69) is 29.1 Å². The summed E-state index contributed by atoms with van der Waals surface area (Å²) in [7, 11) is 0. The minimum absolute atomic E-state index is 0.112. The quantitative estimate of drug-likeness (QED) is 0.803. The van der Waals surface area contributed by atoms with Gasteiger partial charge in [-0.05, 0) is 25.9 Å². The number of amides is 1. The predicted octanol–water partition coefficient (Wildman–Crippen LogP) is 0.0696. The molecule has 118 valence electrons. The van der Waals surface area contributed by atoms with Crippen LogP contribution in [0.1, 0.15) is 32.4 Å². The highest BCUT2D eigenvalue weighted by Gasteiger charge is 2.25. The van der Waals surface area contributed by atoms with Gasteiger partial charge >= 0.3 is 0 Å². The molecule has 2 N–H and O–H groups in total. The molecule has 1 fully saturated rings. The minimum atomic E-state index is 0.112. The molecule has 7 nitrogen and oxygen atoms in total. The average Bonchev–Trinajstić information content (AvgIpc) is 2.97. The molecule has 1 aliphatic heterocycles. The number of carbonyl (C=O) groups is 1. The molecular weight excluding hydrogens is 268 g/mol. The Bertz CT molecular complexity index is 448. The molecule has 2 rings (SSSR count). The topological polar surface area (TPSA) is 80.3 Å². The molecule has 1 aromatic heterocycles. The monoisotopic (exact) mass is 294 g/mol. The highest BCUT2D eigenvalue weighted by Crippen LogP contribution is 2.16. The number of hydrogen-bond donors (Lipinski definition) is 1. The van der Waals surface area contributed by atoms with Crippen molar-refractivity contribution in [2.24, 2.45) is 5.73 Å². The first-order valence-corrected chi connectivity index (χ1v) is 7.78. The zero-order valence-corrected chi connectivity index (χ0v) is 13.0. The summed E-state index contributed by atoms with van der Waals surface area (Å²) in [5.41, 5.74) is 6.20. The van der Waals surface area contributed by atoms with Gasteiger partial charge in [-0.25, -0.2) is 4.68 Å². The van der Waals surface area contributed by atoms with Crippen molar-refractivity contribution < 1.29 is 4.79 Å². The van der Waals surface area contributed by atoms with Crippen LogP contribution < -0.4 is 5.73 Å². The Morgan fingerprint density at radius 1 is 1.38 bits per heavy atom. The fourth-order valence-corrected chi connectivity index (χ4v) is 2.97. The van der Waals surface area contributed by atoms with Crippen LogP contribution in [0.3, 0.4) is 0 Å². The lowest BCUT2D eigenvalue weighted by atomic mass is 10.0. The summed E-state index contributed by atoms with van der Waals surface area (Å²) in [6.07, 6.45) is 3.85. The minimum Gasteiger partial charge on any atom is -0.341 e. The van der Waals surface area contributed by atoms with Crippen molar-refractivity contribution in [3.05, 3.63) is 11.9 Å². The van der Waals surface area contributed by atoms with Crippen LogP contribution in [0, 0.1) is 0 Å². The van der Waals surface area contributed by atoms with Gasteiger partial charge in [-0.1, -0.05) is 19.1 Å². The zero-order chi connectivity index (χ0) is 15.2. The van der Waals surface area contributed by atoms with Crippen LogP contribution in [-0.4, -0.2) is 62.9 Å². The van der Waals surface area contributed by atoms with E-state index in [9.17, 15) is 4.79 Å². The molecule has 0 unspecified atom stereocenters. The fourth-order valence-electron chi connectivity index (χ4n) is 2.97. The van der Waals surface area contributed by atoms with E-state index in [0.29, 0.717) is 18.3 Å². The second-order valence-electron chi connectivity index (χ2n) is 5.44. The third-order valence-electron chi connectivity index (χ3n) is 4.24. The number of hydrogen-bond acceptors (Lipinski definition) is 5. The van der Waals surface area contributed by atoms with E-state index in [4.69, 9.17) is 5.73 Å². The van der Waals surface area contributed by atoms with Gasteiger partial charge in [0.1, 0.15) is 6.54 Å². The Morgan fingerprint density at radius 2 is 2.05 bits per heavy atom. The van der Waals surface area contributed by atoms with Crippen LogP contribution >= 0.6 is 0 Å². The smallest absolute Gasteiger partial charge is 0.244 e. The van der Waals surface area contributed by atoms with Gasteiger partial charge in [-0.15, -0.1) is 5.10 Å². The van der Waals surface area contributed by atoms with Gasteiger partial charge in [0.15, 0.2) is 0 Å². The van der Waals surface area contributed by atoms with Crippen LogP contribution in [0.5, 0.6) is 0 Å². The van der Waals surface area contributed by atoms with Crippen LogP contribution in [0.4, 0.5) is 0 Å². The summed E-state index contributed by atoms with van der Waals surface area (Å²) in [5, 5.41) is 7.82. The van der Waals surface area contributed by atoms with Crippen molar-refractivity contribution in [3.63, 3.8) is 0 Å². The molecule has 0 atom stereocenters. The Kier molecular flexibility index (Phi) is 5.69. The maximum absolute atomic E-state index is 12.3. The van der Waals surface area contributed by atoms with Crippen molar-refractivity contribution in [1.82, 2.24) is 24.8 Å². The first-order chi connectivity index (χ1) is 10.2. The van der Waals surface area contributed by atoms with Crippen LogP contribution in [0.25, 0.3) is 0 Å². The maximum atomic E-state index is 12.3. The molecule has 1 aliphatic rings. The second kappa shape index (κ2) is 7.51. The molecule has 21 heavy (non-hydrogen) atoms. The fraction of sp³-hybridized carbons (Fsp3) is 0.786. The summed E-state index contributed by atoms with van der Waals surface area (Å²) in [6.45, 7) is 8.82. The molecule has 0 aliphatic carbocycles. The molecule has 2 heterocycles. The SMILES string of the molecule is CCN(CC)C1CCN(C(=O)Cn2cc(CN)nn2)CC1. The van der Waals surface area contributed by atoms with Crippen molar-refractivity contribution in [2.75, 3.05) is 26.2 Å². The second-order valence-corrected chi connectivity index (χ2v) is 5.44. The molecule has 0 spiro atoms. The number of nitrogens with zero attached hydrogens (tertiary/aromatic N) is 5. The number of aromatic nitrogens is 3. The molecule has 7 heteroatoms. The highest BCUT2D eigenvalue weighted by atomic mass is 16.2. The molecule has 0 radical (unpaired) electrons. The van der Waals surface area contributed by atoms with Crippen molar-refractivity contribution in [1.29, 1.82) is 0 Å². The van der Waals surface area contributed by atoms with Crippen molar-refractivity contribution >= 4 is 5.91 Å². The standard InChI is InChI=1S/C14H26N6O/c1-3-18(4-2)13-5-7-19(8-6-13)14(21)11-20-10-12(9-15)16-17-20/h10,13H,3-9,11,15H2,1-2H3. The Balaban J connectivity index is 1.82. The van der Waals surface area contributed by atoms with E-state index >= 15 is 0 Å². The first kappa shape index (κ1) is 15.9. The van der Waals surface area contributed by atoms with Gasteiger partial charge in [0.05, 0.1) is 11.9 Å². The first-order valence-electron chi connectivity index (χ1n) is 7.78. The molecular formula is C14H26N6O. The summed E-state index contributed by atoms with van der Waals surface area (Å²) >= 11 is 0.